The standard InChI is InChI=1S/C18H18N4O2/c1-11(2)5-18(24)20-14-6-13(8-19-9-14)12-3-4-16-15(7-12)17(10-23)22-21-16/h3-4,6-11H,5H2,1-2H3,(H,20,24)(H,21,22). The molecule has 0 atom stereocenters. The summed E-state index contributed by atoms with van der Waals surface area (Å²) >= 11 is 0. The second kappa shape index (κ2) is 6.62. The van der Waals surface area contributed by atoms with E-state index < -0.39 is 0 Å². The number of hydrogen-bond donors (Lipinski definition) is 2. The van der Waals surface area contributed by atoms with Gasteiger partial charge < -0.3 is 5.32 Å². The first-order valence-electron chi connectivity index (χ1n) is 7.75. The molecular weight excluding hydrogens is 304 g/mol. The van der Waals surface area contributed by atoms with Crippen molar-refractivity contribution in [3.63, 3.8) is 0 Å². The summed E-state index contributed by atoms with van der Waals surface area (Å²) in [5.74, 6) is 0.267. The molecule has 0 aliphatic carbocycles. The Bertz CT molecular complexity index is 899. The van der Waals surface area contributed by atoms with Crippen LogP contribution in [-0.4, -0.2) is 27.4 Å². The SMILES string of the molecule is CC(C)CC(=O)Nc1cncc(-c2ccc3n[nH]c(C=O)c3c2)c1. The topological polar surface area (TPSA) is 87.7 Å². The largest absolute Gasteiger partial charge is 0.325 e. The predicted octanol–water partition coefficient (Wildman–Crippen LogP) is 3.42. The van der Waals surface area contributed by atoms with Crippen molar-refractivity contribution in [2.45, 2.75) is 20.3 Å². The number of benzene rings is 1. The molecule has 24 heavy (non-hydrogen) atoms. The number of pyridine rings is 1. The van der Waals surface area contributed by atoms with Crippen LogP contribution in [0, 0.1) is 5.92 Å². The molecule has 0 saturated carbocycles. The van der Waals surface area contributed by atoms with E-state index in [1.807, 2.05) is 38.1 Å². The molecule has 2 heterocycles. The van der Waals surface area contributed by atoms with Gasteiger partial charge in [-0.25, -0.2) is 0 Å². The molecule has 6 nitrogen and oxygen atoms in total. The summed E-state index contributed by atoms with van der Waals surface area (Å²) in [4.78, 5) is 27.2. The van der Waals surface area contributed by atoms with Crippen LogP contribution >= 0.6 is 0 Å². The van der Waals surface area contributed by atoms with E-state index in [2.05, 4.69) is 20.5 Å². The summed E-state index contributed by atoms with van der Waals surface area (Å²) in [7, 11) is 0. The zero-order valence-electron chi connectivity index (χ0n) is 13.5. The Hall–Kier alpha value is -3.02. The molecule has 2 aromatic heterocycles. The van der Waals surface area contributed by atoms with Gasteiger partial charge in [-0.1, -0.05) is 19.9 Å². The van der Waals surface area contributed by atoms with Crippen molar-refractivity contribution < 1.29 is 9.59 Å². The summed E-state index contributed by atoms with van der Waals surface area (Å²) in [6, 6.07) is 7.51. The van der Waals surface area contributed by atoms with Crippen LogP contribution < -0.4 is 5.32 Å². The monoisotopic (exact) mass is 322 g/mol. The molecule has 2 N–H and O–H groups in total. The zero-order chi connectivity index (χ0) is 17.1. The summed E-state index contributed by atoms with van der Waals surface area (Å²) in [6.45, 7) is 4.00. The highest BCUT2D eigenvalue weighted by molar-refractivity contribution is 5.97. The molecule has 1 aromatic carbocycles. The van der Waals surface area contributed by atoms with Gasteiger partial charge in [-0.05, 0) is 29.7 Å². The maximum Gasteiger partial charge on any atom is 0.224 e. The minimum Gasteiger partial charge on any atom is -0.325 e. The molecule has 3 rings (SSSR count). The van der Waals surface area contributed by atoms with Gasteiger partial charge in [0.15, 0.2) is 6.29 Å². The molecule has 0 aliphatic rings. The van der Waals surface area contributed by atoms with Gasteiger partial charge in [0.1, 0.15) is 5.69 Å². The molecule has 0 radical (unpaired) electrons. The minimum atomic E-state index is -0.0301. The van der Waals surface area contributed by atoms with Crippen LogP contribution in [0.5, 0.6) is 0 Å². The third-order valence-corrected chi connectivity index (χ3v) is 3.65. The van der Waals surface area contributed by atoms with Crippen LogP contribution in [0.3, 0.4) is 0 Å². The van der Waals surface area contributed by atoms with Crippen LogP contribution in [0.2, 0.25) is 0 Å². The Morgan fingerprint density at radius 1 is 1.25 bits per heavy atom. The molecule has 6 heteroatoms. The predicted molar refractivity (Wildman–Crippen MR) is 92.8 cm³/mol. The van der Waals surface area contributed by atoms with Crippen molar-refractivity contribution in [2.75, 3.05) is 5.32 Å². The Morgan fingerprint density at radius 2 is 2.08 bits per heavy atom. The van der Waals surface area contributed by atoms with E-state index in [4.69, 9.17) is 0 Å². The van der Waals surface area contributed by atoms with E-state index in [0.29, 0.717) is 23.7 Å². The lowest BCUT2D eigenvalue weighted by Crippen LogP contribution is -2.13. The highest BCUT2D eigenvalue weighted by Crippen LogP contribution is 2.26. The van der Waals surface area contributed by atoms with Gasteiger partial charge in [-0.2, -0.15) is 5.10 Å². The Balaban J connectivity index is 1.91. The van der Waals surface area contributed by atoms with Gasteiger partial charge in [0.2, 0.25) is 5.91 Å². The van der Waals surface area contributed by atoms with Crippen LogP contribution in [0.15, 0.2) is 36.7 Å². The van der Waals surface area contributed by atoms with Gasteiger partial charge in [-0.3, -0.25) is 19.7 Å². The summed E-state index contributed by atoms with van der Waals surface area (Å²) in [5, 5.41) is 10.4. The average molecular weight is 322 g/mol. The van der Waals surface area contributed by atoms with E-state index in [-0.39, 0.29) is 5.91 Å². The first-order valence-corrected chi connectivity index (χ1v) is 7.75. The number of anilines is 1. The average Bonchev–Trinajstić information content (AvgIpc) is 2.96. The molecule has 0 unspecified atom stereocenters. The fourth-order valence-corrected chi connectivity index (χ4v) is 2.55. The number of amides is 1. The van der Waals surface area contributed by atoms with E-state index in [1.165, 1.54) is 0 Å². The first kappa shape index (κ1) is 15.9. The lowest BCUT2D eigenvalue weighted by atomic mass is 10.0. The van der Waals surface area contributed by atoms with Crippen LogP contribution in [-0.2, 0) is 4.79 Å². The van der Waals surface area contributed by atoms with E-state index in [0.717, 1.165) is 28.3 Å². The zero-order valence-corrected chi connectivity index (χ0v) is 13.5. The quantitative estimate of drug-likeness (QED) is 0.705. The van der Waals surface area contributed by atoms with Crippen molar-refractivity contribution in [2.24, 2.45) is 5.92 Å². The van der Waals surface area contributed by atoms with E-state index in [1.54, 1.807) is 12.4 Å². The molecule has 0 bridgehead atoms. The maximum atomic E-state index is 11.9. The second-order valence-electron chi connectivity index (χ2n) is 6.10. The molecule has 0 aliphatic heterocycles. The molecule has 1 amide bonds. The minimum absolute atomic E-state index is 0.0301. The highest BCUT2D eigenvalue weighted by atomic mass is 16.1. The van der Waals surface area contributed by atoms with Crippen molar-refractivity contribution >= 4 is 28.8 Å². The number of H-pyrrole nitrogens is 1. The number of nitrogens with one attached hydrogen (secondary N) is 2. The van der Waals surface area contributed by atoms with Crippen LogP contribution in [0.1, 0.15) is 30.8 Å². The molecule has 0 fully saturated rings. The van der Waals surface area contributed by atoms with Crippen LogP contribution in [0.4, 0.5) is 5.69 Å². The van der Waals surface area contributed by atoms with Crippen LogP contribution in [0.25, 0.3) is 22.0 Å². The first-order chi connectivity index (χ1) is 11.6. The van der Waals surface area contributed by atoms with Gasteiger partial charge in [-0.15, -0.1) is 0 Å². The van der Waals surface area contributed by atoms with Gasteiger partial charge in [0.05, 0.1) is 17.4 Å². The smallest absolute Gasteiger partial charge is 0.224 e. The normalized spacial score (nSPS) is 11.0. The number of nitrogens with zero attached hydrogens (tertiary/aromatic N) is 2. The fourth-order valence-electron chi connectivity index (χ4n) is 2.55. The number of aromatic nitrogens is 3. The maximum absolute atomic E-state index is 11.9. The van der Waals surface area contributed by atoms with Crippen molar-refractivity contribution in [1.82, 2.24) is 15.2 Å². The molecule has 122 valence electrons. The number of hydrogen-bond acceptors (Lipinski definition) is 4. The number of aldehydes is 1. The van der Waals surface area contributed by atoms with Crippen molar-refractivity contribution in [3.8, 4) is 11.1 Å². The lowest BCUT2D eigenvalue weighted by Gasteiger charge is -2.08. The summed E-state index contributed by atoms with van der Waals surface area (Å²) in [5.41, 5.74) is 3.59. The highest BCUT2D eigenvalue weighted by Gasteiger charge is 2.09. The third kappa shape index (κ3) is 3.32. The molecule has 0 spiro atoms. The van der Waals surface area contributed by atoms with Crippen molar-refractivity contribution in [1.29, 1.82) is 0 Å². The Morgan fingerprint density at radius 3 is 2.83 bits per heavy atom. The fraction of sp³-hybridized carbons (Fsp3) is 0.222. The van der Waals surface area contributed by atoms with Gasteiger partial charge in [0.25, 0.3) is 0 Å². The Labute approximate surface area is 139 Å². The number of carbonyl (C=O) groups is 2. The number of carbonyl (C=O) groups excluding carboxylic acids is 2. The lowest BCUT2D eigenvalue weighted by molar-refractivity contribution is -0.116. The molecule has 3 aromatic rings. The number of rotatable bonds is 5. The third-order valence-electron chi connectivity index (χ3n) is 3.65. The number of fused-ring (bicyclic) bond motifs is 1. The number of aromatic amines is 1. The molecular formula is C18H18N4O2. The second-order valence-corrected chi connectivity index (χ2v) is 6.10. The summed E-state index contributed by atoms with van der Waals surface area (Å²) < 4.78 is 0. The Kier molecular flexibility index (Phi) is 4.37. The van der Waals surface area contributed by atoms with E-state index >= 15 is 0 Å². The van der Waals surface area contributed by atoms with Gasteiger partial charge in [0, 0.05) is 23.6 Å². The summed E-state index contributed by atoms with van der Waals surface area (Å²) in [6.07, 6.45) is 4.56. The van der Waals surface area contributed by atoms with Crippen molar-refractivity contribution in [3.05, 3.63) is 42.4 Å². The van der Waals surface area contributed by atoms with E-state index in [9.17, 15) is 9.59 Å². The van der Waals surface area contributed by atoms with Gasteiger partial charge >= 0.3 is 0 Å². The molecule has 0 saturated heterocycles.